The zero-order valence-electron chi connectivity index (χ0n) is 14.1. The van der Waals surface area contributed by atoms with Crippen molar-refractivity contribution in [2.24, 2.45) is 0 Å². The van der Waals surface area contributed by atoms with Crippen LogP contribution in [0.3, 0.4) is 0 Å². The molecule has 1 amide bonds. The first-order valence-electron chi connectivity index (χ1n) is 8.01. The molecule has 0 aliphatic carbocycles. The van der Waals surface area contributed by atoms with Gasteiger partial charge in [-0.2, -0.15) is 0 Å². The number of hydrogen-bond acceptors (Lipinski definition) is 5. The zero-order chi connectivity index (χ0) is 18.9. The minimum atomic E-state index is -3.88. The molecule has 8 heteroatoms. The van der Waals surface area contributed by atoms with Crippen LogP contribution >= 0.6 is 0 Å². The Balaban J connectivity index is 1.81. The third-order valence-corrected chi connectivity index (χ3v) is 7.91. The summed E-state index contributed by atoms with van der Waals surface area (Å²) in [7, 11) is -3.88. The summed E-state index contributed by atoms with van der Waals surface area (Å²) < 4.78 is 24.1. The van der Waals surface area contributed by atoms with Gasteiger partial charge in [0.2, 0.25) is 0 Å². The number of rotatable bonds is 2. The highest BCUT2D eigenvalue weighted by molar-refractivity contribution is 7.94. The molecular weight excluding hydrogens is 356 g/mol. The van der Waals surface area contributed by atoms with Gasteiger partial charge in [0.15, 0.2) is 21.3 Å². The molecule has 2 aromatic rings. The van der Waals surface area contributed by atoms with Gasteiger partial charge in [0.1, 0.15) is 4.75 Å². The van der Waals surface area contributed by atoms with Crippen LogP contribution in [0.1, 0.15) is 19.5 Å². The molecule has 0 unspecified atom stereocenters. The molecule has 2 atom stereocenters. The van der Waals surface area contributed by atoms with Gasteiger partial charge in [-0.25, -0.2) is 13.2 Å². The Kier molecular flexibility index (Phi) is 3.30. The van der Waals surface area contributed by atoms with Crippen LogP contribution in [0.5, 0.6) is 0 Å². The Labute approximate surface area is 149 Å². The van der Waals surface area contributed by atoms with Crippen LogP contribution in [0.25, 0.3) is 16.8 Å². The minimum absolute atomic E-state index is 0.0598. The van der Waals surface area contributed by atoms with Crippen molar-refractivity contribution in [3.05, 3.63) is 47.8 Å². The Bertz CT molecular complexity index is 1100. The molecular formula is C18H16N2O5S. The smallest absolute Gasteiger partial charge is 0.328 e. The van der Waals surface area contributed by atoms with Gasteiger partial charge in [-0.1, -0.05) is 24.3 Å². The molecule has 0 radical (unpaired) electrons. The maximum absolute atomic E-state index is 12.8. The summed E-state index contributed by atoms with van der Waals surface area (Å²) in [6.07, 6.45) is 3.09. The fraction of sp³-hybridized carbons (Fsp3) is 0.278. The SMILES string of the molecule is CC1(C)[C@H](C(=O)O)N2C(=O)/C(=C/c3cc4ccccc4cn3)[C@@H]2S1(=O)=O. The van der Waals surface area contributed by atoms with Crippen LogP contribution in [0.15, 0.2) is 42.1 Å². The third kappa shape index (κ3) is 1.99. The highest BCUT2D eigenvalue weighted by Gasteiger charge is 2.70. The molecule has 7 nitrogen and oxygen atoms in total. The number of amides is 1. The van der Waals surface area contributed by atoms with Gasteiger partial charge >= 0.3 is 5.97 Å². The third-order valence-electron chi connectivity index (χ3n) is 5.15. The molecule has 26 heavy (non-hydrogen) atoms. The number of β-lactam (4-membered cyclic amide) rings is 1. The summed E-state index contributed by atoms with van der Waals surface area (Å²) in [5.74, 6) is -1.90. The predicted molar refractivity (Wildman–Crippen MR) is 94.8 cm³/mol. The van der Waals surface area contributed by atoms with Crippen LogP contribution in [0.4, 0.5) is 0 Å². The fourth-order valence-corrected chi connectivity index (χ4v) is 5.80. The number of carboxylic acid groups (broad SMARTS) is 1. The molecule has 3 heterocycles. The summed E-state index contributed by atoms with van der Waals surface area (Å²) in [6, 6.07) is 7.91. The van der Waals surface area contributed by atoms with E-state index in [1.165, 1.54) is 19.9 Å². The van der Waals surface area contributed by atoms with E-state index >= 15 is 0 Å². The first kappa shape index (κ1) is 16.7. The highest BCUT2D eigenvalue weighted by Crippen LogP contribution is 2.48. The highest BCUT2D eigenvalue weighted by atomic mass is 32.2. The van der Waals surface area contributed by atoms with E-state index in [0.29, 0.717) is 5.69 Å². The lowest BCUT2D eigenvalue weighted by atomic mass is 9.95. The number of nitrogens with zero attached hydrogens (tertiary/aromatic N) is 2. The molecule has 2 aliphatic rings. The molecule has 2 saturated heterocycles. The number of aliphatic carboxylic acids is 1. The Morgan fingerprint density at radius 1 is 1.27 bits per heavy atom. The van der Waals surface area contributed by atoms with Crippen LogP contribution in [-0.2, 0) is 19.4 Å². The Morgan fingerprint density at radius 2 is 1.92 bits per heavy atom. The molecule has 0 saturated carbocycles. The van der Waals surface area contributed by atoms with Crippen molar-refractivity contribution >= 4 is 38.6 Å². The fourth-order valence-electron chi connectivity index (χ4n) is 3.68. The van der Waals surface area contributed by atoms with E-state index in [4.69, 9.17) is 0 Å². The van der Waals surface area contributed by atoms with Gasteiger partial charge in [0, 0.05) is 11.6 Å². The van der Waals surface area contributed by atoms with Crippen LogP contribution < -0.4 is 0 Å². The number of aromatic nitrogens is 1. The number of fused-ring (bicyclic) bond motifs is 2. The number of carbonyl (C=O) groups excluding carboxylic acids is 1. The van der Waals surface area contributed by atoms with Gasteiger partial charge in [0.05, 0.1) is 11.3 Å². The van der Waals surface area contributed by atoms with Crippen molar-refractivity contribution in [2.45, 2.75) is 30.0 Å². The van der Waals surface area contributed by atoms with Gasteiger partial charge < -0.3 is 10.0 Å². The number of benzene rings is 1. The van der Waals surface area contributed by atoms with Gasteiger partial charge in [-0.15, -0.1) is 0 Å². The molecule has 2 aliphatic heterocycles. The van der Waals surface area contributed by atoms with E-state index < -0.39 is 37.9 Å². The van der Waals surface area contributed by atoms with Crippen molar-refractivity contribution in [2.75, 3.05) is 0 Å². The molecule has 0 spiro atoms. The summed E-state index contributed by atoms with van der Waals surface area (Å²) in [5.41, 5.74) is 0.517. The molecule has 1 aromatic carbocycles. The maximum atomic E-state index is 12.8. The summed E-state index contributed by atoms with van der Waals surface area (Å²) in [4.78, 5) is 29.3. The molecule has 1 N–H and O–H groups in total. The second kappa shape index (κ2) is 5.14. The lowest BCUT2D eigenvalue weighted by molar-refractivity contribution is -0.152. The van der Waals surface area contributed by atoms with Crippen molar-refractivity contribution < 1.29 is 23.1 Å². The van der Waals surface area contributed by atoms with Gasteiger partial charge in [0.25, 0.3) is 5.91 Å². The Hall–Kier alpha value is -2.74. The van der Waals surface area contributed by atoms with Gasteiger partial charge in [-0.3, -0.25) is 9.78 Å². The van der Waals surface area contributed by atoms with E-state index in [1.807, 2.05) is 24.3 Å². The monoisotopic (exact) mass is 372 g/mol. The first-order chi connectivity index (χ1) is 12.2. The summed E-state index contributed by atoms with van der Waals surface area (Å²) in [5, 5.41) is 10.0. The predicted octanol–water partition coefficient (Wildman–Crippen LogP) is 1.45. The average molecular weight is 372 g/mol. The normalized spacial score (nSPS) is 27.4. The van der Waals surface area contributed by atoms with E-state index in [-0.39, 0.29) is 5.57 Å². The van der Waals surface area contributed by atoms with E-state index in [0.717, 1.165) is 15.7 Å². The Morgan fingerprint density at radius 3 is 2.58 bits per heavy atom. The van der Waals surface area contributed by atoms with Crippen LogP contribution in [0.2, 0.25) is 0 Å². The largest absolute Gasteiger partial charge is 0.480 e. The van der Waals surface area contributed by atoms with Gasteiger partial charge in [-0.05, 0) is 31.4 Å². The van der Waals surface area contributed by atoms with E-state index in [1.54, 1.807) is 12.3 Å². The first-order valence-corrected chi connectivity index (χ1v) is 9.56. The maximum Gasteiger partial charge on any atom is 0.328 e. The molecule has 134 valence electrons. The van der Waals surface area contributed by atoms with E-state index in [9.17, 15) is 23.1 Å². The molecule has 0 bridgehead atoms. The molecule has 1 aromatic heterocycles. The summed E-state index contributed by atoms with van der Waals surface area (Å²) in [6.45, 7) is 2.69. The van der Waals surface area contributed by atoms with Crippen molar-refractivity contribution in [3.63, 3.8) is 0 Å². The van der Waals surface area contributed by atoms with Crippen LogP contribution in [-0.4, -0.2) is 51.4 Å². The lowest BCUT2D eigenvalue weighted by Crippen LogP contribution is -2.58. The standard InChI is InChI=1S/C18H16N2O5S/c1-18(2)14(17(22)23)20-15(21)13(16(20)26(18,24)25)8-12-7-10-5-3-4-6-11(10)9-19-12/h3-9,14,16H,1-2H3,(H,22,23)/b13-8-/t14-,16-/m0/s1. The number of pyridine rings is 1. The number of sulfone groups is 1. The summed E-state index contributed by atoms with van der Waals surface area (Å²) >= 11 is 0. The topological polar surface area (TPSA) is 105 Å². The molecule has 2 fully saturated rings. The van der Waals surface area contributed by atoms with Crippen molar-refractivity contribution in [3.8, 4) is 0 Å². The second-order valence-corrected chi connectivity index (χ2v) is 9.60. The van der Waals surface area contributed by atoms with Crippen molar-refractivity contribution in [1.82, 2.24) is 9.88 Å². The average Bonchev–Trinajstić information content (AvgIpc) is 2.73. The lowest BCUT2D eigenvalue weighted by Gasteiger charge is -2.37. The zero-order valence-corrected chi connectivity index (χ0v) is 14.9. The van der Waals surface area contributed by atoms with Crippen LogP contribution in [0, 0.1) is 0 Å². The quantitative estimate of drug-likeness (QED) is 0.632. The number of carboxylic acids is 1. The molecule has 4 rings (SSSR count). The van der Waals surface area contributed by atoms with E-state index in [2.05, 4.69) is 4.98 Å². The minimum Gasteiger partial charge on any atom is -0.480 e. The van der Waals surface area contributed by atoms with Crippen molar-refractivity contribution in [1.29, 1.82) is 0 Å². The number of hydrogen-bond donors (Lipinski definition) is 1. The number of carbonyl (C=O) groups is 2. The second-order valence-electron chi connectivity index (χ2n) is 7.01.